The van der Waals surface area contributed by atoms with Gasteiger partial charge in [-0.1, -0.05) is 34.1 Å². The molecule has 0 radical (unpaired) electrons. The van der Waals surface area contributed by atoms with Crippen LogP contribution in [0.1, 0.15) is 24.2 Å². The first-order chi connectivity index (χ1) is 10.0. The third kappa shape index (κ3) is 3.80. The number of ether oxygens (including phenoxy) is 1. The van der Waals surface area contributed by atoms with E-state index in [9.17, 15) is 13.9 Å². The van der Waals surface area contributed by atoms with Gasteiger partial charge in [0, 0.05) is 10.9 Å². The fourth-order valence-corrected chi connectivity index (χ4v) is 2.68. The van der Waals surface area contributed by atoms with Crippen LogP contribution in [0.4, 0.5) is 8.78 Å². The van der Waals surface area contributed by atoms with E-state index in [1.165, 1.54) is 12.1 Å². The molecule has 0 fully saturated rings. The zero-order valence-electron chi connectivity index (χ0n) is 11.4. The number of hydrogen-bond donors (Lipinski definition) is 1. The highest BCUT2D eigenvalue weighted by atomic mass is 79.9. The van der Waals surface area contributed by atoms with Crippen LogP contribution in [0.25, 0.3) is 0 Å². The molecule has 1 atom stereocenters. The van der Waals surface area contributed by atoms with Gasteiger partial charge < -0.3 is 9.84 Å². The lowest BCUT2D eigenvalue weighted by Gasteiger charge is -2.15. The molecule has 0 bridgehead atoms. The Balaban J connectivity index is 2.20. The van der Waals surface area contributed by atoms with Gasteiger partial charge in [-0.25, -0.2) is 8.78 Å². The normalized spacial score (nSPS) is 12.2. The minimum absolute atomic E-state index is 0.00379. The summed E-state index contributed by atoms with van der Waals surface area (Å²) in [6.07, 6.45) is -0.942. The number of benzene rings is 2. The van der Waals surface area contributed by atoms with Gasteiger partial charge in [-0.2, -0.15) is 0 Å². The summed E-state index contributed by atoms with van der Waals surface area (Å²) < 4.78 is 32.8. The molecule has 0 aromatic heterocycles. The monoisotopic (exact) mass is 356 g/mol. The average Bonchev–Trinajstić information content (AvgIpc) is 2.44. The van der Waals surface area contributed by atoms with Crippen LogP contribution in [-0.4, -0.2) is 11.7 Å². The summed E-state index contributed by atoms with van der Waals surface area (Å²) >= 11 is 3.36. The van der Waals surface area contributed by atoms with Crippen LogP contribution in [0.15, 0.2) is 40.9 Å². The summed E-state index contributed by atoms with van der Waals surface area (Å²) in [6.45, 7) is 2.42. The number of hydrogen-bond acceptors (Lipinski definition) is 2. The number of aliphatic hydroxyl groups is 1. The van der Waals surface area contributed by atoms with Crippen LogP contribution in [-0.2, 0) is 6.42 Å². The van der Waals surface area contributed by atoms with Gasteiger partial charge in [-0.3, -0.25) is 0 Å². The average molecular weight is 357 g/mol. The third-order valence-corrected chi connectivity index (χ3v) is 3.77. The summed E-state index contributed by atoms with van der Waals surface area (Å²) in [7, 11) is 0. The number of halogens is 3. The van der Waals surface area contributed by atoms with E-state index in [0.717, 1.165) is 6.07 Å². The lowest BCUT2D eigenvalue weighted by atomic mass is 10.0. The fraction of sp³-hybridized carbons (Fsp3) is 0.250. The topological polar surface area (TPSA) is 29.5 Å². The van der Waals surface area contributed by atoms with Crippen molar-refractivity contribution in [2.45, 2.75) is 19.4 Å². The second kappa shape index (κ2) is 7.00. The highest BCUT2D eigenvalue weighted by Gasteiger charge is 2.16. The van der Waals surface area contributed by atoms with E-state index in [1.54, 1.807) is 18.2 Å². The molecule has 5 heteroatoms. The zero-order valence-corrected chi connectivity index (χ0v) is 13.0. The van der Waals surface area contributed by atoms with E-state index in [0.29, 0.717) is 22.4 Å². The minimum Gasteiger partial charge on any atom is -0.494 e. The van der Waals surface area contributed by atoms with Gasteiger partial charge >= 0.3 is 0 Å². The largest absolute Gasteiger partial charge is 0.494 e. The van der Waals surface area contributed by atoms with Crippen molar-refractivity contribution < 1.29 is 18.6 Å². The van der Waals surface area contributed by atoms with E-state index < -0.39 is 17.7 Å². The molecule has 112 valence electrons. The smallest absolute Gasteiger partial charge is 0.162 e. The Bertz CT molecular complexity index is 632. The Morgan fingerprint density at radius 3 is 2.67 bits per heavy atom. The Labute approximate surface area is 130 Å². The Morgan fingerprint density at radius 1 is 1.24 bits per heavy atom. The Morgan fingerprint density at radius 2 is 2.00 bits per heavy atom. The van der Waals surface area contributed by atoms with E-state index in [4.69, 9.17) is 4.74 Å². The van der Waals surface area contributed by atoms with Crippen molar-refractivity contribution in [3.63, 3.8) is 0 Å². The first-order valence-electron chi connectivity index (χ1n) is 6.56. The van der Waals surface area contributed by atoms with Crippen LogP contribution in [0.3, 0.4) is 0 Å². The van der Waals surface area contributed by atoms with Crippen molar-refractivity contribution in [3.8, 4) is 5.75 Å². The van der Waals surface area contributed by atoms with Crippen molar-refractivity contribution in [1.29, 1.82) is 0 Å². The molecule has 0 spiro atoms. The summed E-state index contributed by atoms with van der Waals surface area (Å²) in [4.78, 5) is 0. The fourth-order valence-electron chi connectivity index (χ4n) is 2.06. The molecule has 0 saturated carbocycles. The summed E-state index contributed by atoms with van der Waals surface area (Å²) in [5, 5.41) is 10.2. The first-order valence-corrected chi connectivity index (χ1v) is 7.35. The summed E-state index contributed by atoms with van der Waals surface area (Å²) in [6, 6.07) is 9.12. The van der Waals surface area contributed by atoms with E-state index >= 15 is 0 Å². The summed E-state index contributed by atoms with van der Waals surface area (Å²) in [5.41, 5.74) is 0.741. The molecule has 1 unspecified atom stereocenters. The van der Waals surface area contributed by atoms with Gasteiger partial charge in [0.2, 0.25) is 0 Å². The van der Waals surface area contributed by atoms with Crippen molar-refractivity contribution >= 4 is 15.9 Å². The zero-order chi connectivity index (χ0) is 15.4. The summed E-state index contributed by atoms with van der Waals surface area (Å²) in [5.74, 6) is -1.15. The maximum atomic E-state index is 13.6. The molecule has 1 N–H and O–H groups in total. The SMILES string of the molecule is CCOc1ccc(C(O)Cc2cccc(F)c2F)c(Br)c1. The molecule has 0 amide bonds. The number of aliphatic hydroxyl groups excluding tert-OH is 1. The van der Waals surface area contributed by atoms with E-state index in [2.05, 4.69) is 15.9 Å². The molecule has 0 aliphatic carbocycles. The molecule has 2 rings (SSSR count). The highest BCUT2D eigenvalue weighted by Crippen LogP contribution is 2.30. The van der Waals surface area contributed by atoms with E-state index in [-0.39, 0.29) is 12.0 Å². The molecular weight excluding hydrogens is 342 g/mol. The standard InChI is InChI=1S/C16H15BrF2O2/c1-2-21-11-6-7-12(13(17)9-11)15(20)8-10-4-3-5-14(18)16(10)19/h3-7,9,15,20H,2,8H2,1H3. The minimum atomic E-state index is -0.939. The third-order valence-electron chi connectivity index (χ3n) is 3.09. The second-order valence-electron chi connectivity index (χ2n) is 4.55. The van der Waals surface area contributed by atoms with Gasteiger partial charge in [-0.15, -0.1) is 0 Å². The van der Waals surface area contributed by atoms with Gasteiger partial charge in [-0.05, 0) is 36.2 Å². The molecular formula is C16H15BrF2O2. The van der Waals surface area contributed by atoms with Gasteiger partial charge in [0.1, 0.15) is 5.75 Å². The van der Waals surface area contributed by atoms with Crippen LogP contribution in [0, 0.1) is 11.6 Å². The van der Waals surface area contributed by atoms with E-state index in [1.807, 2.05) is 6.92 Å². The Hall–Kier alpha value is -1.46. The van der Waals surface area contributed by atoms with Crippen molar-refractivity contribution in [2.24, 2.45) is 0 Å². The van der Waals surface area contributed by atoms with Crippen molar-refractivity contribution in [3.05, 3.63) is 63.6 Å². The molecule has 2 aromatic rings. The maximum absolute atomic E-state index is 13.6. The lowest BCUT2D eigenvalue weighted by molar-refractivity contribution is 0.176. The molecule has 21 heavy (non-hydrogen) atoms. The predicted octanol–water partition coefficient (Wildman–Crippen LogP) is 4.40. The molecule has 0 aliphatic rings. The van der Waals surface area contributed by atoms with Crippen molar-refractivity contribution in [1.82, 2.24) is 0 Å². The van der Waals surface area contributed by atoms with Crippen molar-refractivity contribution in [2.75, 3.05) is 6.61 Å². The molecule has 0 heterocycles. The van der Waals surface area contributed by atoms with Crippen LogP contribution in [0.2, 0.25) is 0 Å². The molecule has 2 nitrogen and oxygen atoms in total. The second-order valence-corrected chi connectivity index (χ2v) is 5.40. The molecule has 0 saturated heterocycles. The van der Waals surface area contributed by atoms with Crippen LogP contribution in [0.5, 0.6) is 5.75 Å². The van der Waals surface area contributed by atoms with Crippen LogP contribution >= 0.6 is 15.9 Å². The van der Waals surface area contributed by atoms with Gasteiger partial charge in [0.05, 0.1) is 12.7 Å². The maximum Gasteiger partial charge on any atom is 0.162 e. The highest BCUT2D eigenvalue weighted by molar-refractivity contribution is 9.10. The molecule has 2 aromatic carbocycles. The first kappa shape index (κ1) is 15.9. The number of rotatable bonds is 5. The Kier molecular flexibility index (Phi) is 5.31. The van der Waals surface area contributed by atoms with Gasteiger partial charge in [0.15, 0.2) is 11.6 Å². The quantitative estimate of drug-likeness (QED) is 0.860. The predicted molar refractivity (Wildman–Crippen MR) is 80.3 cm³/mol. The van der Waals surface area contributed by atoms with Gasteiger partial charge in [0.25, 0.3) is 0 Å². The molecule has 0 aliphatic heterocycles. The van der Waals surface area contributed by atoms with Crippen LogP contribution < -0.4 is 4.74 Å². The lowest BCUT2D eigenvalue weighted by Crippen LogP contribution is -2.05.